The molecule has 2 aromatic rings. The summed E-state index contributed by atoms with van der Waals surface area (Å²) in [5, 5.41) is 10.6. The Kier molecular flexibility index (Phi) is 4.33. The number of nitrogens with zero attached hydrogens (tertiary/aromatic N) is 2. The SMILES string of the molecule is Cc1cc(Br)ccc1Nc1nnc(C(C)C(F)(F)F)s1. The van der Waals surface area contributed by atoms with Crippen LogP contribution in [0.5, 0.6) is 0 Å². The van der Waals surface area contributed by atoms with Gasteiger partial charge in [-0.2, -0.15) is 13.2 Å². The lowest BCUT2D eigenvalue weighted by atomic mass is 10.2. The average Bonchev–Trinajstić information content (AvgIpc) is 2.79. The molecule has 108 valence electrons. The maximum Gasteiger partial charge on any atom is 0.397 e. The van der Waals surface area contributed by atoms with Crippen molar-refractivity contribution in [1.82, 2.24) is 10.2 Å². The smallest absolute Gasteiger partial charge is 0.330 e. The zero-order valence-corrected chi connectivity index (χ0v) is 13.0. The Hall–Kier alpha value is -1.15. The van der Waals surface area contributed by atoms with Crippen LogP contribution in [0.2, 0.25) is 0 Å². The third kappa shape index (κ3) is 3.49. The summed E-state index contributed by atoms with van der Waals surface area (Å²) in [6, 6.07) is 5.58. The number of nitrogens with one attached hydrogen (secondary N) is 1. The number of benzene rings is 1. The number of alkyl halides is 3. The van der Waals surface area contributed by atoms with Crippen LogP contribution in [-0.2, 0) is 0 Å². The van der Waals surface area contributed by atoms with Gasteiger partial charge in [0.25, 0.3) is 0 Å². The second-order valence-electron chi connectivity index (χ2n) is 4.29. The fourth-order valence-corrected chi connectivity index (χ4v) is 2.79. The van der Waals surface area contributed by atoms with Gasteiger partial charge in [-0.1, -0.05) is 27.3 Å². The normalized spacial score (nSPS) is 13.3. The van der Waals surface area contributed by atoms with E-state index >= 15 is 0 Å². The molecule has 1 unspecified atom stereocenters. The van der Waals surface area contributed by atoms with Crippen molar-refractivity contribution in [1.29, 1.82) is 0 Å². The van der Waals surface area contributed by atoms with Crippen LogP contribution in [0, 0.1) is 6.92 Å². The molecule has 8 heteroatoms. The molecule has 0 aliphatic heterocycles. The summed E-state index contributed by atoms with van der Waals surface area (Å²) in [6.45, 7) is 2.97. The van der Waals surface area contributed by atoms with Crippen molar-refractivity contribution < 1.29 is 13.2 Å². The molecule has 0 bridgehead atoms. The predicted molar refractivity (Wildman–Crippen MR) is 76.5 cm³/mol. The molecule has 1 heterocycles. The minimum absolute atomic E-state index is 0.0465. The van der Waals surface area contributed by atoms with Crippen molar-refractivity contribution in [3.8, 4) is 0 Å². The summed E-state index contributed by atoms with van der Waals surface area (Å²) < 4.78 is 38.7. The van der Waals surface area contributed by atoms with Crippen LogP contribution < -0.4 is 5.32 Å². The fourth-order valence-electron chi connectivity index (χ4n) is 1.48. The van der Waals surface area contributed by atoms with E-state index in [-0.39, 0.29) is 5.01 Å². The zero-order valence-electron chi connectivity index (χ0n) is 10.6. The molecular formula is C12H11BrF3N3S. The van der Waals surface area contributed by atoms with Crippen LogP contribution in [0.15, 0.2) is 22.7 Å². The Bertz CT molecular complexity index is 612. The predicted octanol–water partition coefficient (Wildman–Crippen LogP) is 5.02. The van der Waals surface area contributed by atoms with E-state index in [0.717, 1.165) is 34.0 Å². The van der Waals surface area contributed by atoms with Gasteiger partial charge in [0.2, 0.25) is 5.13 Å². The van der Waals surface area contributed by atoms with Gasteiger partial charge in [-0.3, -0.25) is 0 Å². The number of hydrogen-bond donors (Lipinski definition) is 1. The lowest BCUT2D eigenvalue weighted by Gasteiger charge is -2.11. The van der Waals surface area contributed by atoms with Crippen molar-refractivity contribution in [3.63, 3.8) is 0 Å². The molecule has 0 aliphatic rings. The summed E-state index contributed by atoms with van der Waals surface area (Å²) in [4.78, 5) is 0. The molecule has 1 aromatic heterocycles. The van der Waals surface area contributed by atoms with Crippen LogP contribution in [0.1, 0.15) is 23.4 Å². The van der Waals surface area contributed by atoms with Crippen LogP contribution in [0.25, 0.3) is 0 Å². The van der Waals surface area contributed by atoms with Crippen molar-refractivity contribution in [2.75, 3.05) is 5.32 Å². The molecule has 20 heavy (non-hydrogen) atoms. The van der Waals surface area contributed by atoms with E-state index in [0.29, 0.717) is 5.13 Å². The van der Waals surface area contributed by atoms with Gasteiger partial charge in [-0.15, -0.1) is 10.2 Å². The molecule has 0 saturated heterocycles. The third-order valence-corrected chi connectivity index (χ3v) is 4.25. The summed E-state index contributed by atoms with van der Waals surface area (Å²) in [5.41, 5.74) is 1.75. The van der Waals surface area contributed by atoms with Crippen LogP contribution in [0.3, 0.4) is 0 Å². The first-order valence-corrected chi connectivity index (χ1v) is 7.31. The largest absolute Gasteiger partial charge is 0.397 e. The highest BCUT2D eigenvalue weighted by molar-refractivity contribution is 9.10. The van der Waals surface area contributed by atoms with E-state index in [1.807, 2.05) is 25.1 Å². The molecular weight excluding hydrogens is 355 g/mol. The molecule has 0 spiro atoms. The van der Waals surface area contributed by atoms with Gasteiger partial charge in [0.15, 0.2) is 0 Å². The van der Waals surface area contributed by atoms with Gasteiger partial charge < -0.3 is 5.32 Å². The number of rotatable bonds is 3. The highest BCUT2D eigenvalue weighted by atomic mass is 79.9. The van der Waals surface area contributed by atoms with Gasteiger partial charge in [0.1, 0.15) is 10.9 Å². The van der Waals surface area contributed by atoms with Crippen molar-refractivity contribution in [2.45, 2.75) is 25.9 Å². The summed E-state index contributed by atoms with van der Waals surface area (Å²) in [7, 11) is 0. The van der Waals surface area contributed by atoms with Crippen molar-refractivity contribution in [3.05, 3.63) is 33.2 Å². The maximum absolute atomic E-state index is 12.6. The number of anilines is 2. The fraction of sp³-hybridized carbons (Fsp3) is 0.333. The molecule has 1 aromatic carbocycles. The zero-order chi connectivity index (χ0) is 14.9. The van der Waals surface area contributed by atoms with Gasteiger partial charge in [0, 0.05) is 10.2 Å². The molecule has 0 amide bonds. The molecule has 3 nitrogen and oxygen atoms in total. The first-order chi connectivity index (χ1) is 9.27. The molecule has 0 aliphatic carbocycles. The van der Waals surface area contributed by atoms with Crippen LogP contribution in [0.4, 0.5) is 24.0 Å². The van der Waals surface area contributed by atoms with Gasteiger partial charge in [0.05, 0.1) is 0 Å². The van der Waals surface area contributed by atoms with E-state index in [9.17, 15) is 13.2 Å². The van der Waals surface area contributed by atoms with Crippen molar-refractivity contribution >= 4 is 38.1 Å². The Morgan fingerprint density at radius 3 is 2.60 bits per heavy atom. The number of aromatic nitrogens is 2. The molecule has 1 N–H and O–H groups in total. The first kappa shape index (κ1) is 15.2. The van der Waals surface area contributed by atoms with E-state index in [2.05, 4.69) is 31.4 Å². The summed E-state index contributed by atoms with van der Waals surface area (Å²) >= 11 is 4.26. The third-order valence-electron chi connectivity index (χ3n) is 2.73. The Morgan fingerprint density at radius 1 is 1.30 bits per heavy atom. The lowest BCUT2D eigenvalue weighted by Crippen LogP contribution is -2.17. The standard InChI is InChI=1S/C12H11BrF3N3S/c1-6-5-8(13)3-4-9(6)17-11-19-18-10(20-11)7(2)12(14,15)16/h3-5,7H,1-2H3,(H,17,19). The Morgan fingerprint density at radius 2 is 2.00 bits per heavy atom. The Balaban J connectivity index is 2.18. The number of aryl methyl sites for hydroxylation is 1. The van der Waals surface area contributed by atoms with E-state index in [4.69, 9.17) is 0 Å². The highest BCUT2D eigenvalue weighted by Gasteiger charge is 2.39. The maximum atomic E-state index is 12.6. The van der Waals surface area contributed by atoms with E-state index in [1.54, 1.807) is 0 Å². The average molecular weight is 366 g/mol. The minimum Gasteiger partial charge on any atom is -0.330 e. The summed E-state index contributed by atoms with van der Waals surface area (Å²) in [5.74, 6) is -1.61. The van der Waals surface area contributed by atoms with Gasteiger partial charge >= 0.3 is 6.18 Å². The van der Waals surface area contributed by atoms with Gasteiger partial charge in [-0.25, -0.2) is 0 Å². The van der Waals surface area contributed by atoms with Gasteiger partial charge in [-0.05, 0) is 37.6 Å². The first-order valence-electron chi connectivity index (χ1n) is 5.70. The number of halogens is 4. The number of hydrogen-bond acceptors (Lipinski definition) is 4. The molecule has 1 atom stereocenters. The molecule has 2 rings (SSSR count). The quantitative estimate of drug-likeness (QED) is 0.829. The second-order valence-corrected chi connectivity index (χ2v) is 6.22. The lowest BCUT2D eigenvalue weighted by molar-refractivity contribution is -0.146. The topological polar surface area (TPSA) is 37.8 Å². The van der Waals surface area contributed by atoms with Crippen LogP contribution >= 0.6 is 27.3 Å². The minimum atomic E-state index is -4.30. The monoisotopic (exact) mass is 365 g/mol. The molecule has 0 saturated carbocycles. The van der Waals surface area contributed by atoms with E-state index in [1.165, 1.54) is 0 Å². The van der Waals surface area contributed by atoms with Crippen molar-refractivity contribution in [2.24, 2.45) is 0 Å². The summed E-state index contributed by atoms with van der Waals surface area (Å²) in [6.07, 6.45) is -4.30. The molecule has 0 radical (unpaired) electrons. The molecule has 0 fully saturated rings. The second kappa shape index (κ2) is 5.69. The van der Waals surface area contributed by atoms with Crippen LogP contribution in [-0.4, -0.2) is 16.4 Å². The van der Waals surface area contributed by atoms with E-state index < -0.39 is 12.1 Å². The highest BCUT2D eigenvalue weighted by Crippen LogP contribution is 2.37. The Labute approximate surface area is 126 Å².